The Morgan fingerprint density at radius 3 is 2.81 bits per heavy atom. The first-order valence-electron chi connectivity index (χ1n) is 7.79. The van der Waals surface area contributed by atoms with Gasteiger partial charge in [-0.2, -0.15) is 0 Å². The number of rotatable bonds is 5. The van der Waals surface area contributed by atoms with Gasteiger partial charge in [0, 0.05) is 18.3 Å². The number of hydrogen-bond donors (Lipinski definition) is 0. The molecule has 1 aromatic rings. The van der Waals surface area contributed by atoms with E-state index >= 15 is 0 Å². The third-order valence-electron chi connectivity index (χ3n) is 3.92. The molecule has 3 rings (SSSR count). The number of allylic oxidation sites excluding steroid dienone is 2. The van der Waals surface area contributed by atoms with Crippen LogP contribution in [0.5, 0.6) is 11.5 Å². The fraction of sp³-hybridized carbons (Fsp3) is 0.294. The summed E-state index contributed by atoms with van der Waals surface area (Å²) in [7, 11) is -0.529. The minimum absolute atomic E-state index is 0.0553. The zero-order valence-corrected chi connectivity index (χ0v) is 15.2. The minimum Gasteiger partial charge on any atom is -0.497 e. The van der Waals surface area contributed by atoms with Gasteiger partial charge in [-0.15, -0.1) is 4.40 Å². The number of amidine groups is 1. The zero-order valence-electron chi connectivity index (χ0n) is 14.3. The second kappa shape index (κ2) is 7.20. The second-order valence-electron chi connectivity index (χ2n) is 5.57. The first kappa shape index (κ1) is 18.0. The number of carbonyl (C=O) groups is 1. The van der Waals surface area contributed by atoms with Gasteiger partial charge in [-0.05, 0) is 30.4 Å². The Morgan fingerprint density at radius 1 is 1.27 bits per heavy atom. The van der Waals surface area contributed by atoms with Crippen molar-refractivity contribution in [3.8, 4) is 11.5 Å². The van der Waals surface area contributed by atoms with E-state index in [1.807, 2.05) is 0 Å². The highest BCUT2D eigenvalue weighted by Gasteiger charge is 2.30. The van der Waals surface area contributed by atoms with Crippen molar-refractivity contribution in [2.45, 2.75) is 6.61 Å². The SMILES string of the molecule is COc1ccc(OC)c(COC(=O)C2=CC=CN3CCS(=O)(=O)N=C23)c1. The average molecular weight is 378 g/mol. The number of hydrogen-bond acceptors (Lipinski definition) is 7. The van der Waals surface area contributed by atoms with Crippen LogP contribution in [0.1, 0.15) is 5.56 Å². The van der Waals surface area contributed by atoms with Gasteiger partial charge in [0.15, 0.2) is 5.84 Å². The van der Waals surface area contributed by atoms with Crippen LogP contribution < -0.4 is 9.47 Å². The molecule has 138 valence electrons. The summed E-state index contributed by atoms with van der Waals surface area (Å²) < 4.78 is 43.0. The number of esters is 1. The number of fused-ring (bicyclic) bond motifs is 1. The molecule has 2 heterocycles. The molecule has 0 aliphatic carbocycles. The number of benzene rings is 1. The van der Waals surface area contributed by atoms with Gasteiger partial charge in [0.05, 0.1) is 20.0 Å². The molecule has 9 heteroatoms. The van der Waals surface area contributed by atoms with Crippen LogP contribution in [0.4, 0.5) is 0 Å². The molecule has 0 saturated heterocycles. The fourth-order valence-electron chi connectivity index (χ4n) is 2.59. The standard InChI is InChI=1S/C17H18N2O6S/c1-23-13-5-6-15(24-2)12(10-13)11-25-17(20)14-4-3-7-19-8-9-26(21,22)18-16(14)19/h3-7,10H,8-9,11H2,1-2H3. The molecule has 0 radical (unpaired) electrons. The molecule has 0 saturated carbocycles. The highest BCUT2D eigenvalue weighted by molar-refractivity contribution is 7.90. The molecule has 0 bridgehead atoms. The van der Waals surface area contributed by atoms with Crippen LogP contribution in [-0.4, -0.2) is 51.6 Å². The first-order valence-corrected chi connectivity index (χ1v) is 9.40. The van der Waals surface area contributed by atoms with E-state index in [0.29, 0.717) is 17.1 Å². The monoisotopic (exact) mass is 378 g/mol. The Balaban J connectivity index is 1.79. The van der Waals surface area contributed by atoms with Gasteiger partial charge < -0.3 is 19.1 Å². The van der Waals surface area contributed by atoms with Crippen molar-refractivity contribution in [1.29, 1.82) is 0 Å². The summed E-state index contributed by atoms with van der Waals surface area (Å²) in [5.41, 5.74) is 0.722. The molecule has 8 nitrogen and oxygen atoms in total. The topological polar surface area (TPSA) is 94.5 Å². The van der Waals surface area contributed by atoms with E-state index in [1.54, 1.807) is 35.4 Å². The van der Waals surface area contributed by atoms with Crippen molar-refractivity contribution in [2.75, 3.05) is 26.5 Å². The maximum absolute atomic E-state index is 12.5. The lowest BCUT2D eigenvalue weighted by Gasteiger charge is -2.28. The Labute approximate surface area is 151 Å². The quantitative estimate of drug-likeness (QED) is 0.712. The third-order valence-corrected chi connectivity index (χ3v) is 5.07. The van der Waals surface area contributed by atoms with Gasteiger partial charge in [0.25, 0.3) is 10.0 Å². The number of methoxy groups -OCH3 is 2. The molecule has 0 aromatic heterocycles. The summed E-state index contributed by atoms with van der Waals surface area (Å²) in [6, 6.07) is 5.15. The van der Waals surface area contributed by atoms with Gasteiger partial charge in [-0.3, -0.25) is 0 Å². The summed E-state index contributed by atoms with van der Waals surface area (Å²) in [6.07, 6.45) is 4.82. The average Bonchev–Trinajstić information content (AvgIpc) is 2.64. The Kier molecular flexibility index (Phi) is 4.99. The third kappa shape index (κ3) is 3.72. The van der Waals surface area contributed by atoms with E-state index in [2.05, 4.69) is 4.40 Å². The molecule has 2 aliphatic rings. The van der Waals surface area contributed by atoms with Crippen LogP contribution in [0.25, 0.3) is 0 Å². The fourth-order valence-corrected chi connectivity index (χ4v) is 3.58. The lowest BCUT2D eigenvalue weighted by Crippen LogP contribution is -2.40. The van der Waals surface area contributed by atoms with Crippen molar-refractivity contribution >= 4 is 21.8 Å². The van der Waals surface area contributed by atoms with Gasteiger partial charge >= 0.3 is 5.97 Å². The predicted octanol–water partition coefficient (Wildman–Crippen LogP) is 1.24. The lowest BCUT2D eigenvalue weighted by molar-refractivity contribution is -0.139. The van der Waals surface area contributed by atoms with E-state index < -0.39 is 16.0 Å². The Hall–Kier alpha value is -2.81. The smallest absolute Gasteiger partial charge is 0.342 e. The van der Waals surface area contributed by atoms with E-state index in [4.69, 9.17) is 14.2 Å². The summed E-state index contributed by atoms with van der Waals surface area (Å²) in [6.45, 7) is 0.187. The van der Waals surface area contributed by atoms with Crippen LogP contribution >= 0.6 is 0 Å². The van der Waals surface area contributed by atoms with Crippen LogP contribution in [0.3, 0.4) is 0 Å². The first-order chi connectivity index (χ1) is 12.4. The summed E-state index contributed by atoms with van der Waals surface area (Å²) in [5, 5.41) is 0. The van der Waals surface area contributed by atoms with Gasteiger partial charge in [0.1, 0.15) is 23.7 Å². The molecule has 26 heavy (non-hydrogen) atoms. The maximum atomic E-state index is 12.5. The number of ether oxygens (including phenoxy) is 3. The second-order valence-corrected chi connectivity index (χ2v) is 7.32. The molecule has 1 aromatic carbocycles. The van der Waals surface area contributed by atoms with E-state index in [1.165, 1.54) is 20.3 Å². The molecule has 0 amide bonds. The van der Waals surface area contributed by atoms with Gasteiger partial charge in [-0.25, -0.2) is 13.2 Å². The highest BCUT2D eigenvalue weighted by Crippen LogP contribution is 2.25. The van der Waals surface area contributed by atoms with Crippen LogP contribution in [0.15, 0.2) is 46.5 Å². The highest BCUT2D eigenvalue weighted by atomic mass is 32.2. The van der Waals surface area contributed by atoms with Crippen molar-refractivity contribution < 1.29 is 27.4 Å². The van der Waals surface area contributed by atoms with Crippen molar-refractivity contribution in [3.63, 3.8) is 0 Å². The van der Waals surface area contributed by atoms with Crippen LogP contribution in [-0.2, 0) is 26.2 Å². The van der Waals surface area contributed by atoms with Gasteiger partial charge in [0.2, 0.25) is 0 Å². The Morgan fingerprint density at radius 2 is 2.08 bits per heavy atom. The van der Waals surface area contributed by atoms with E-state index in [-0.39, 0.29) is 30.3 Å². The summed E-state index contributed by atoms with van der Waals surface area (Å²) >= 11 is 0. The van der Waals surface area contributed by atoms with Crippen molar-refractivity contribution in [1.82, 2.24) is 4.90 Å². The molecule has 0 N–H and O–H groups in total. The largest absolute Gasteiger partial charge is 0.497 e. The Bertz CT molecular complexity index is 917. The maximum Gasteiger partial charge on any atom is 0.342 e. The molecule has 0 spiro atoms. The molecule has 0 atom stereocenters. The van der Waals surface area contributed by atoms with E-state index in [0.717, 1.165) is 0 Å². The molecule has 0 unspecified atom stereocenters. The van der Waals surface area contributed by atoms with Crippen LogP contribution in [0, 0.1) is 0 Å². The predicted molar refractivity (Wildman–Crippen MR) is 94.5 cm³/mol. The van der Waals surface area contributed by atoms with Crippen molar-refractivity contribution in [2.24, 2.45) is 4.40 Å². The summed E-state index contributed by atoms with van der Waals surface area (Å²) in [4.78, 5) is 14.1. The normalized spacial score (nSPS) is 17.7. The van der Waals surface area contributed by atoms with Gasteiger partial charge in [-0.1, -0.05) is 0 Å². The minimum atomic E-state index is -3.58. The lowest BCUT2D eigenvalue weighted by atomic mass is 10.1. The molecular weight excluding hydrogens is 360 g/mol. The van der Waals surface area contributed by atoms with Crippen LogP contribution in [0.2, 0.25) is 0 Å². The molecule has 0 fully saturated rings. The van der Waals surface area contributed by atoms with E-state index in [9.17, 15) is 13.2 Å². The number of nitrogens with zero attached hydrogens (tertiary/aromatic N) is 2. The number of carbonyl (C=O) groups excluding carboxylic acids is 1. The number of sulfonamides is 1. The van der Waals surface area contributed by atoms with Crippen molar-refractivity contribution in [3.05, 3.63) is 47.7 Å². The molecule has 2 aliphatic heterocycles. The zero-order chi connectivity index (χ0) is 18.7. The summed E-state index contributed by atoms with van der Waals surface area (Å²) in [5.74, 6) is 0.479. The molecular formula is C17H18N2O6S.